The topological polar surface area (TPSA) is 110 Å². The number of ether oxygens (including phenoxy) is 2. The van der Waals surface area contributed by atoms with E-state index < -0.39 is 28.3 Å². The first-order chi connectivity index (χ1) is 13.3. The molecule has 154 valence electrons. The lowest BCUT2D eigenvalue weighted by Gasteiger charge is -2.27. The van der Waals surface area contributed by atoms with Crippen LogP contribution in [0.4, 0.5) is 0 Å². The van der Waals surface area contributed by atoms with E-state index in [0.29, 0.717) is 24.9 Å². The Kier molecular flexibility index (Phi) is 7.45. The fraction of sp³-hybridized carbons (Fsp3) is 0.474. The highest BCUT2D eigenvalue weighted by Crippen LogP contribution is 2.26. The molecular formula is C19H25NO7S. The van der Waals surface area contributed by atoms with Crippen molar-refractivity contribution in [2.24, 2.45) is 0 Å². The average molecular weight is 411 g/mol. The van der Waals surface area contributed by atoms with Crippen molar-refractivity contribution in [2.45, 2.75) is 25.8 Å². The Hall–Kier alpha value is -2.55. The molecule has 1 fully saturated rings. The lowest BCUT2D eigenvalue weighted by Crippen LogP contribution is -2.43. The molecule has 1 amide bonds. The second-order valence-electron chi connectivity index (χ2n) is 6.52. The zero-order valence-corrected chi connectivity index (χ0v) is 16.8. The number of sulfone groups is 1. The number of aromatic hydroxyl groups is 1. The van der Waals surface area contributed by atoms with E-state index in [0.717, 1.165) is 0 Å². The lowest BCUT2D eigenvalue weighted by molar-refractivity contribution is -0.149. The molecule has 0 spiro atoms. The Bertz CT molecular complexity index is 848. The van der Waals surface area contributed by atoms with Crippen molar-refractivity contribution in [3.05, 3.63) is 29.8 Å². The van der Waals surface area contributed by atoms with Gasteiger partial charge in [0.2, 0.25) is 0 Å². The van der Waals surface area contributed by atoms with Crippen LogP contribution in [-0.4, -0.2) is 68.1 Å². The number of hydrogen-bond acceptors (Lipinski definition) is 7. The molecule has 0 saturated carbocycles. The predicted molar refractivity (Wildman–Crippen MR) is 104 cm³/mol. The molecule has 1 atom stereocenters. The van der Waals surface area contributed by atoms with Gasteiger partial charge in [0.05, 0.1) is 18.6 Å². The van der Waals surface area contributed by atoms with Gasteiger partial charge in [-0.15, -0.1) is 0 Å². The van der Waals surface area contributed by atoms with Crippen LogP contribution in [0, 0.1) is 0 Å². The van der Waals surface area contributed by atoms with Gasteiger partial charge < -0.3 is 19.5 Å². The quantitative estimate of drug-likeness (QED) is 0.508. The summed E-state index contributed by atoms with van der Waals surface area (Å²) >= 11 is 0. The van der Waals surface area contributed by atoms with E-state index >= 15 is 0 Å². The molecule has 9 heteroatoms. The minimum atomic E-state index is -3.11. The van der Waals surface area contributed by atoms with Crippen LogP contribution >= 0.6 is 0 Å². The van der Waals surface area contributed by atoms with Gasteiger partial charge in [-0.2, -0.15) is 0 Å². The fourth-order valence-corrected chi connectivity index (χ4v) is 4.73. The number of carbonyl (C=O) groups is 2. The molecule has 0 unspecified atom stereocenters. The summed E-state index contributed by atoms with van der Waals surface area (Å²) in [7, 11) is -1.70. The molecule has 0 radical (unpaired) electrons. The summed E-state index contributed by atoms with van der Waals surface area (Å²) in [5, 5.41) is 9.56. The number of benzene rings is 1. The van der Waals surface area contributed by atoms with E-state index in [4.69, 9.17) is 9.47 Å². The molecule has 1 heterocycles. The number of esters is 1. The number of phenols is 1. The van der Waals surface area contributed by atoms with Crippen LogP contribution in [0.5, 0.6) is 11.5 Å². The van der Waals surface area contributed by atoms with Crippen molar-refractivity contribution < 1.29 is 32.6 Å². The van der Waals surface area contributed by atoms with Crippen LogP contribution in [-0.2, 0) is 24.2 Å². The second-order valence-corrected chi connectivity index (χ2v) is 8.75. The summed E-state index contributed by atoms with van der Waals surface area (Å²) in [4.78, 5) is 25.8. The van der Waals surface area contributed by atoms with Gasteiger partial charge in [0, 0.05) is 18.7 Å². The molecule has 1 aliphatic rings. The molecule has 1 aromatic carbocycles. The number of carbonyl (C=O) groups excluding carboxylic acids is 2. The molecule has 0 aromatic heterocycles. The third kappa shape index (κ3) is 5.98. The number of rotatable bonds is 8. The zero-order chi connectivity index (χ0) is 20.7. The Morgan fingerprint density at radius 2 is 2.11 bits per heavy atom. The highest BCUT2D eigenvalue weighted by Gasteiger charge is 2.34. The van der Waals surface area contributed by atoms with Gasteiger partial charge in [0.25, 0.3) is 5.91 Å². The van der Waals surface area contributed by atoms with Crippen LogP contribution in [0.15, 0.2) is 24.3 Å². The largest absolute Gasteiger partial charge is 0.504 e. The highest BCUT2D eigenvalue weighted by atomic mass is 32.2. The monoisotopic (exact) mass is 411 g/mol. The van der Waals surface area contributed by atoms with Crippen molar-refractivity contribution in [3.8, 4) is 11.5 Å². The smallest absolute Gasteiger partial charge is 0.331 e. The maximum Gasteiger partial charge on any atom is 0.331 e. The van der Waals surface area contributed by atoms with Crippen molar-refractivity contribution in [1.82, 2.24) is 4.90 Å². The zero-order valence-electron chi connectivity index (χ0n) is 16.0. The van der Waals surface area contributed by atoms with E-state index in [1.165, 1.54) is 30.2 Å². The Balaban J connectivity index is 1.92. The summed E-state index contributed by atoms with van der Waals surface area (Å²) < 4.78 is 33.3. The molecule has 1 saturated heterocycles. The maximum atomic E-state index is 12.4. The number of nitrogens with zero attached hydrogens (tertiary/aromatic N) is 1. The standard InChI is InChI=1S/C19H25NO7S/c1-3-9-20(15-8-10-28(24,25)13-15)18(22)12-27-19(23)7-5-14-4-6-16(21)17(11-14)26-2/h4-7,11,15,21H,3,8-10,12-13H2,1-2H3/b7-5+/t15-/m0/s1. The number of phenolic OH excluding ortho intramolecular Hbond substituents is 1. The number of methoxy groups -OCH3 is 1. The minimum absolute atomic E-state index is 0.0160. The van der Waals surface area contributed by atoms with Gasteiger partial charge in [-0.25, -0.2) is 13.2 Å². The summed E-state index contributed by atoms with van der Waals surface area (Å²) in [5.41, 5.74) is 0.613. The summed E-state index contributed by atoms with van der Waals surface area (Å²) in [6.45, 7) is 1.86. The Morgan fingerprint density at radius 3 is 2.71 bits per heavy atom. The van der Waals surface area contributed by atoms with Gasteiger partial charge in [0.1, 0.15) is 0 Å². The van der Waals surface area contributed by atoms with Gasteiger partial charge in [0.15, 0.2) is 27.9 Å². The van der Waals surface area contributed by atoms with Crippen molar-refractivity contribution in [3.63, 3.8) is 0 Å². The van der Waals surface area contributed by atoms with E-state index in [1.54, 1.807) is 12.1 Å². The molecule has 0 bridgehead atoms. The van der Waals surface area contributed by atoms with Crippen molar-refractivity contribution >= 4 is 27.8 Å². The first kappa shape index (κ1) is 21.7. The molecule has 1 aliphatic heterocycles. The third-order valence-corrected chi connectivity index (χ3v) is 6.14. The van der Waals surface area contributed by atoms with Gasteiger partial charge in [-0.3, -0.25) is 4.79 Å². The summed E-state index contributed by atoms with van der Waals surface area (Å²) in [6.07, 6.45) is 3.73. The molecule has 0 aliphatic carbocycles. The van der Waals surface area contributed by atoms with E-state index in [1.807, 2.05) is 6.92 Å². The first-order valence-electron chi connectivity index (χ1n) is 8.97. The van der Waals surface area contributed by atoms with Crippen LogP contribution in [0.2, 0.25) is 0 Å². The van der Waals surface area contributed by atoms with Crippen LogP contribution in [0.25, 0.3) is 6.08 Å². The molecule has 1 aromatic rings. The van der Waals surface area contributed by atoms with Crippen LogP contribution < -0.4 is 4.74 Å². The first-order valence-corrected chi connectivity index (χ1v) is 10.8. The van der Waals surface area contributed by atoms with Crippen molar-refractivity contribution in [1.29, 1.82) is 0 Å². The second kappa shape index (κ2) is 9.59. The van der Waals surface area contributed by atoms with Crippen molar-refractivity contribution in [2.75, 3.05) is 31.8 Å². The number of hydrogen-bond donors (Lipinski definition) is 1. The Morgan fingerprint density at radius 1 is 1.36 bits per heavy atom. The minimum Gasteiger partial charge on any atom is -0.504 e. The predicted octanol–water partition coefficient (Wildman–Crippen LogP) is 1.38. The lowest BCUT2D eigenvalue weighted by atomic mass is 10.2. The van der Waals surface area contributed by atoms with Crippen LogP contribution in [0.3, 0.4) is 0 Å². The van der Waals surface area contributed by atoms with E-state index in [2.05, 4.69) is 0 Å². The van der Waals surface area contributed by atoms with E-state index in [-0.39, 0.29) is 29.0 Å². The van der Waals surface area contributed by atoms with Gasteiger partial charge in [-0.05, 0) is 36.6 Å². The SMILES string of the molecule is CCCN(C(=O)COC(=O)/C=C/c1ccc(O)c(OC)c1)[C@H]1CCS(=O)(=O)C1. The third-order valence-electron chi connectivity index (χ3n) is 4.39. The molecule has 28 heavy (non-hydrogen) atoms. The number of amides is 1. The molecule has 8 nitrogen and oxygen atoms in total. The molecular weight excluding hydrogens is 386 g/mol. The summed E-state index contributed by atoms with van der Waals surface area (Å²) in [5.74, 6) is -0.822. The van der Waals surface area contributed by atoms with Gasteiger partial charge in [-0.1, -0.05) is 13.0 Å². The van der Waals surface area contributed by atoms with E-state index in [9.17, 15) is 23.1 Å². The Labute approximate surface area is 164 Å². The normalized spacial score (nSPS) is 18.1. The maximum absolute atomic E-state index is 12.4. The van der Waals surface area contributed by atoms with Gasteiger partial charge >= 0.3 is 5.97 Å². The molecule has 1 N–H and O–H groups in total. The average Bonchev–Trinajstić information content (AvgIpc) is 3.02. The van der Waals surface area contributed by atoms with Crippen LogP contribution in [0.1, 0.15) is 25.3 Å². The molecule has 2 rings (SSSR count). The summed E-state index contributed by atoms with van der Waals surface area (Å²) in [6, 6.07) is 4.21. The fourth-order valence-electron chi connectivity index (χ4n) is 3.00. The highest BCUT2D eigenvalue weighted by molar-refractivity contribution is 7.91.